The molecule has 4 heterocycles. The van der Waals surface area contributed by atoms with E-state index < -0.39 is 0 Å². The number of aromatic nitrogens is 4. The number of pyridine rings is 3. The lowest BCUT2D eigenvalue weighted by Crippen LogP contribution is -2.33. The fourth-order valence-electron chi connectivity index (χ4n) is 3.67. The molecule has 0 bridgehead atoms. The largest absolute Gasteiger partial charge is 0.355 e. The Morgan fingerprint density at radius 3 is 2.46 bits per heavy atom. The minimum atomic E-state index is -0.210. The van der Waals surface area contributed by atoms with E-state index in [1.54, 1.807) is 65.3 Å². The average molecular weight is 468 g/mol. The Balaban J connectivity index is 0.00000141. The summed E-state index contributed by atoms with van der Waals surface area (Å²) in [5.74, 6) is 0.159. The number of rotatable bonds is 5. The van der Waals surface area contributed by atoms with Crippen molar-refractivity contribution in [2.75, 3.05) is 11.9 Å². The van der Waals surface area contributed by atoms with Crippen molar-refractivity contribution in [2.45, 2.75) is 32.7 Å². The van der Waals surface area contributed by atoms with Crippen LogP contribution in [0, 0.1) is 11.3 Å². The van der Waals surface area contributed by atoms with Gasteiger partial charge < -0.3 is 5.32 Å². The molecule has 1 aliphatic rings. The van der Waals surface area contributed by atoms with E-state index in [2.05, 4.69) is 20.4 Å². The molecule has 1 N–H and O–H groups in total. The van der Waals surface area contributed by atoms with Crippen molar-refractivity contribution >= 4 is 23.1 Å². The van der Waals surface area contributed by atoms with E-state index >= 15 is 0 Å². The predicted octanol–water partition coefficient (Wildman–Crippen LogP) is 3.86. The molecule has 9 heteroatoms. The summed E-state index contributed by atoms with van der Waals surface area (Å²) in [7, 11) is 1.57. The van der Waals surface area contributed by atoms with Crippen LogP contribution in [0.2, 0.25) is 0 Å². The van der Waals surface area contributed by atoms with Crippen molar-refractivity contribution in [3.8, 4) is 17.3 Å². The van der Waals surface area contributed by atoms with E-state index in [1.165, 1.54) is 12.4 Å². The monoisotopic (exact) mass is 467 g/mol. The lowest BCUT2D eigenvalue weighted by atomic mass is 10.1. The van der Waals surface area contributed by atoms with Gasteiger partial charge in [0, 0.05) is 42.8 Å². The fraction of sp³-hybridized carbons (Fsp3) is 0.231. The molecular formula is C26H25N7O2. The molecular weight excluding hydrogens is 442 g/mol. The van der Waals surface area contributed by atoms with Crippen LogP contribution in [-0.4, -0.2) is 44.5 Å². The Hall–Kier alpha value is -4.58. The molecule has 2 amide bonds. The highest BCUT2D eigenvalue weighted by Gasteiger charge is 2.35. The minimum absolute atomic E-state index is 0.0949. The number of carbonyl (C=O) groups is 2. The molecule has 0 aromatic carbocycles. The van der Waals surface area contributed by atoms with Crippen LogP contribution in [0.1, 0.15) is 53.0 Å². The van der Waals surface area contributed by atoms with Gasteiger partial charge >= 0.3 is 0 Å². The second kappa shape index (κ2) is 10.1. The molecule has 0 aliphatic heterocycles. The SMILES string of the molecule is CC.CNC(=O)c1ccc(-c2cnn3ccc(C(=O)N(c4ccc(C#N)cn4)C4CC4)cc23)nc1. The van der Waals surface area contributed by atoms with Gasteiger partial charge in [-0.25, -0.2) is 9.50 Å². The maximum Gasteiger partial charge on any atom is 0.259 e. The number of fused-ring (bicyclic) bond motifs is 1. The molecule has 5 rings (SSSR count). The molecule has 0 atom stereocenters. The van der Waals surface area contributed by atoms with Crippen molar-refractivity contribution in [3.63, 3.8) is 0 Å². The number of hydrogen-bond acceptors (Lipinski definition) is 6. The van der Waals surface area contributed by atoms with Gasteiger partial charge in [-0.2, -0.15) is 10.4 Å². The average Bonchev–Trinajstić information content (AvgIpc) is 3.67. The second-order valence-corrected chi connectivity index (χ2v) is 7.74. The highest BCUT2D eigenvalue weighted by atomic mass is 16.2. The van der Waals surface area contributed by atoms with Gasteiger partial charge in [0.15, 0.2) is 0 Å². The maximum atomic E-state index is 13.5. The number of amides is 2. The third-order valence-corrected chi connectivity index (χ3v) is 5.55. The van der Waals surface area contributed by atoms with Gasteiger partial charge in [0.25, 0.3) is 11.8 Å². The molecule has 4 aromatic rings. The van der Waals surface area contributed by atoms with E-state index in [1.807, 2.05) is 19.9 Å². The second-order valence-electron chi connectivity index (χ2n) is 7.74. The van der Waals surface area contributed by atoms with Crippen molar-refractivity contribution in [1.29, 1.82) is 5.26 Å². The van der Waals surface area contributed by atoms with Crippen molar-refractivity contribution in [3.05, 3.63) is 77.9 Å². The summed E-state index contributed by atoms with van der Waals surface area (Å²) in [6, 6.07) is 12.5. The molecule has 1 fully saturated rings. The normalized spacial score (nSPS) is 12.3. The quantitative estimate of drug-likeness (QED) is 0.476. The van der Waals surface area contributed by atoms with E-state index in [-0.39, 0.29) is 17.9 Å². The highest BCUT2D eigenvalue weighted by molar-refractivity contribution is 6.07. The first-order chi connectivity index (χ1) is 17.1. The predicted molar refractivity (Wildman–Crippen MR) is 132 cm³/mol. The summed E-state index contributed by atoms with van der Waals surface area (Å²) >= 11 is 0. The lowest BCUT2D eigenvalue weighted by Gasteiger charge is -2.21. The number of nitrogens with one attached hydrogen (secondary N) is 1. The van der Waals surface area contributed by atoms with E-state index in [9.17, 15) is 9.59 Å². The lowest BCUT2D eigenvalue weighted by molar-refractivity contribution is 0.0960. The minimum Gasteiger partial charge on any atom is -0.355 e. The maximum absolute atomic E-state index is 13.5. The summed E-state index contributed by atoms with van der Waals surface area (Å²) in [5, 5.41) is 16.0. The number of nitrogens with zero attached hydrogens (tertiary/aromatic N) is 6. The van der Waals surface area contributed by atoms with Gasteiger partial charge in [-0.05, 0) is 49.2 Å². The van der Waals surface area contributed by atoms with Gasteiger partial charge in [-0.1, -0.05) is 13.8 Å². The summed E-state index contributed by atoms with van der Waals surface area (Å²) in [6.07, 6.45) is 8.24. The topological polar surface area (TPSA) is 116 Å². The molecule has 176 valence electrons. The van der Waals surface area contributed by atoms with Gasteiger partial charge in [-0.15, -0.1) is 0 Å². The van der Waals surface area contributed by atoms with Gasteiger partial charge in [0.1, 0.15) is 11.9 Å². The molecule has 9 nitrogen and oxygen atoms in total. The summed E-state index contributed by atoms with van der Waals surface area (Å²) < 4.78 is 1.68. The molecule has 0 spiro atoms. The zero-order valence-electron chi connectivity index (χ0n) is 19.8. The van der Waals surface area contributed by atoms with Crippen LogP contribution < -0.4 is 10.2 Å². The Kier molecular flexibility index (Phi) is 6.83. The van der Waals surface area contributed by atoms with Crippen LogP contribution in [0.15, 0.2) is 61.2 Å². The molecule has 0 radical (unpaired) electrons. The Bertz CT molecular complexity index is 1400. The Morgan fingerprint density at radius 2 is 1.86 bits per heavy atom. The Labute approximate surface area is 203 Å². The fourth-order valence-corrected chi connectivity index (χ4v) is 3.67. The molecule has 1 saturated carbocycles. The van der Waals surface area contributed by atoms with Crippen LogP contribution in [0.4, 0.5) is 5.82 Å². The first-order valence-electron chi connectivity index (χ1n) is 11.4. The molecule has 0 saturated heterocycles. The van der Waals surface area contributed by atoms with Gasteiger partial charge in [0.2, 0.25) is 0 Å². The third kappa shape index (κ3) is 4.73. The summed E-state index contributed by atoms with van der Waals surface area (Å²) in [5.41, 5.74) is 3.54. The van der Waals surface area contributed by atoms with Crippen LogP contribution in [0.5, 0.6) is 0 Å². The highest BCUT2D eigenvalue weighted by Crippen LogP contribution is 2.33. The van der Waals surface area contributed by atoms with E-state index in [0.717, 1.165) is 23.9 Å². The number of hydrogen-bond donors (Lipinski definition) is 1. The molecule has 0 unspecified atom stereocenters. The smallest absolute Gasteiger partial charge is 0.259 e. The summed E-state index contributed by atoms with van der Waals surface area (Å²) in [4.78, 5) is 35.7. The number of carbonyl (C=O) groups excluding carboxylic acids is 2. The van der Waals surface area contributed by atoms with Gasteiger partial charge in [0.05, 0.1) is 28.5 Å². The van der Waals surface area contributed by atoms with Crippen LogP contribution in [-0.2, 0) is 0 Å². The number of nitriles is 1. The van der Waals surface area contributed by atoms with Crippen LogP contribution in [0.3, 0.4) is 0 Å². The molecule has 1 aliphatic carbocycles. The first-order valence-corrected chi connectivity index (χ1v) is 11.4. The molecule has 4 aromatic heterocycles. The van der Waals surface area contributed by atoms with E-state index in [4.69, 9.17) is 5.26 Å². The van der Waals surface area contributed by atoms with Crippen LogP contribution >= 0.6 is 0 Å². The van der Waals surface area contributed by atoms with Crippen molar-refractivity contribution in [2.24, 2.45) is 0 Å². The summed E-state index contributed by atoms with van der Waals surface area (Å²) in [6.45, 7) is 4.00. The Morgan fingerprint density at radius 1 is 1.06 bits per heavy atom. The zero-order chi connectivity index (χ0) is 24.9. The zero-order valence-corrected chi connectivity index (χ0v) is 19.8. The van der Waals surface area contributed by atoms with Gasteiger partial charge in [-0.3, -0.25) is 19.5 Å². The van der Waals surface area contributed by atoms with Crippen LogP contribution in [0.25, 0.3) is 16.8 Å². The van der Waals surface area contributed by atoms with E-state index in [0.29, 0.717) is 28.2 Å². The van der Waals surface area contributed by atoms with Crippen molar-refractivity contribution in [1.82, 2.24) is 24.9 Å². The third-order valence-electron chi connectivity index (χ3n) is 5.55. The standard InChI is InChI=1S/C24H19N7O2.C2H6/c1-26-23(32)17-3-6-20(27-13-17)19-14-29-30-9-8-16(10-21(19)30)24(33)31(18-4-5-18)22-7-2-15(11-25)12-28-22;1-2/h2-3,6-10,12-14,18H,4-5H2,1H3,(H,26,32);1-2H3. The van der Waals surface area contributed by atoms with Crippen molar-refractivity contribution < 1.29 is 9.59 Å². The first kappa shape index (κ1) is 23.6. The molecule has 35 heavy (non-hydrogen) atoms. The number of anilines is 1.